The van der Waals surface area contributed by atoms with Crippen LogP contribution in [0.3, 0.4) is 0 Å². The van der Waals surface area contributed by atoms with Gasteiger partial charge in [0, 0.05) is 6.54 Å². The summed E-state index contributed by atoms with van der Waals surface area (Å²) in [6, 6.07) is 8.93. The monoisotopic (exact) mass is 407 g/mol. The summed E-state index contributed by atoms with van der Waals surface area (Å²) in [5.74, 6) is 0.926. The topological polar surface area (TPSA) is 88.7 Å². The minimum Gasteiger partial charge on any atom is -0.493 e. The molecule has 2 rings (SSSR count). The molecule has 0 fully saturated rings. The molecule has 1 heterocycles. The molecule has 0 unspecified atom stereocenters. The van der Waals surface area contributed by atoms with E-state index in [9.17, 15) is 9.59 Å². The molecular weight excluding hydrogens is 386 g/mol. The van der Waals surface area contributed by atoms with Gasteiger partial charge >= 0.3 is 0 Å². The minimum atomic E-state index is -0.350. The Morgan fingerprint density at radius 2 is 1.74 bits per heavy atom. The summed E-state index contributed by atoms with van der Waals surface area (Å²) in [6.45, 7) is 2.04. The number of hydrogen-bond donors (Lipinski definition) is 3. The summed E-state index contributed by atoms with van der Waals surface area (Å²) in [5.41, 5.74) is 6.20. The van der Waals surface area contributed by atoms with Gasteiger partial charge in [-0.25, -0.2) is 0 Å². The molecule has 7 nitrogen and oxygen atoms in total. The zero-order chi connectivity index (χ0) is 19.8. The molecule has 0 bridgehead atoms. The van der Waals surface area contributed by atoms with Gasteiger partial charge in [0.1, 0.15) is 0 Å². The molecule has 2 aromatic rings. The van der Waals surface area contributed by atoms with Crippen LogP contribution in [0, 0.1) is 0 Å². The second kappa shape index (κ2) is 9.89. The highest BCUT2D eigenvalue weighted by atomic mass is 32.1. The molecule has 0 saturated heterocycles. The number of ether oxygens (including phenoxy) is 2. The van der Waals surface area contributed by atoms with Crippen molar-refractivity contribution in [2.75, 3.05) is 20.8 Å². The van der Waals surface area contributed by atoms with Crippen LogP contribution in [-0.4, -0.2) is 37.6 Å². The summed E-state index contributed by atoms with van der Waals surface area (Å²) in [6.07, 6.45) is 0.711. The lowest BCUT2D eigenvalue weighted by atomic mass is 10.1. The van der Waals surface area contributed by atoms with Crippen molar-refractivity contribution in [1.82, 2.24) is 16.2 Å². The number of carbonyl (C=O) groups excluding carboxylic acids is 2. The third-order valence-corrected chi connectivity index (χ3v) is 5.04. The van der Waals surface area contributed by atoms with E-state index in [-0.39, 0.29) is 11.7 Å². The number of amides is 1. The molecule has 27 heavy (non-hydrogen) atoms. The molecular formula is C18H21N3O4S2. The van der Waals surface area contributed by atoms with Crippen molar-refractivity contribution in [2.24, 2.45) is 0 Å². The predicted molar refractivity (Wildman–Crippen MR) is 109 cm³/mol. The number of thiophene rings is 1. The normalized spacial score (nSPS) is 10.0. The van der Waals surface area contributed by atoms with Crippen LogP contribution in [-0.2, 0) is 6.42 Å². The second-order valence-electron chi connectivity index (χ2n) is 5.49. The molecule has 9 heteroatoms. The van der Waals surface area contributed by atoms with Crippen LogP contribution >= 0.6 is 23.6 Å². The fourth-order valence-corrected chi connectivity index (χ4v) is 3.17. The standard InChI is InChI=1S/C18H21N3O4S2/c1-11(22)15-6-7-16(27-15)17(23)20-21-18(26)19-9-8-12-4-5-13(24-2)14(10-12)25-3/h4-7,10H,8-9H2,1-3H3,(H,20,23)(H2,19,21,26). The van der Waals surface area contributed by atoms with Crippen molar-refractivity contribution in [3.63, 3.8) is 0 Å². The zero-order valence-corrected chi connectivity index (χ0v) is 16.9. The molecule has 0 saturated carbocycles. The Kier molecular flexibility index (Phi) is 7.56. The Balaban J connectivity index is 1.76. The number of Topliss-reactive ketones (excluding diaryl/α,β-unsaturated/α-hetero) is 1. The fourth-order valence-electron chi connectivity index (χ4n) is 2.22. The first-order valence-corrected chi connectivity index (χ1v) is 9.33. The molecule has 1 aromatic heterocycles. The van der Waals surface area contributed by atoms with E-state index < -0.39 is 0 Å². The Labute approximate surface area is 167 Å². The second-order valence-corrected chi connectivity index (χ2v) is 6.99. The highest BCUT2D eigenvalue weighted by Gasteiger charge is 2.11. The SMILES string of the molecule is COc1ccc(CCNC(=S)NNC(=O)c2ccc(C(C)=O)s2)cc1OC. The van der Waals surface area contributed by atoms with E-state index in [1.807, 2.05) is 18.2 Å². The molecule has 3 N–H and O–H groups in total. The highest BCUT2D eigenvalue weighted by Crippen LogP contribution is 2.27. The van der Waals surface area contributed by atoms with Crippen LogP contribution < -0.4 is 25.6 Å². The predicted octanol–water partition coefficient (Wildman–Crippen LogP) is 2.32. The maximum absolute atomic E-state index is 12.0. The summed E-state index contributed by atoms with van der Waals surface area (Å²) >= 11 is 6.28. The smallest absolute Gasteiger partial charge is 0.279 e. The van der Waals surface area contributed by atoms with Crippen LogP contribution in [0.1, 0.15) is 31.8 Å². The van der Waals surface area contributed by atoms with Crippen molar-refractivity contribution in [1.29, 1.82) is 0 Å². The van der Waals surface area contributed by atoms with E-state index in [0.717, 1.165) is 16.9 Å². The van der Waals surface area contributed by atoms with Crippen LogP contribution in [0.2, 0.25) is 0 Å². The Morgan fingerprint density at radius 1 is 1.04 bits per heavy atom. The maximum Gasteiger partial charge on any atom is 0.279 e. The van der Waals surface area contributed by atoms with Gasteiger partial charge in [-0.3, -0.25) is 20.4 Å². The van der Waals surface area contributed by atoms with Gasteiger partial charge in [0.2, 0.25) is 0 Å². The summed E-state index contributed by atoms with van der Waals surface area (Å²) in [7, 11) is 3.18. The van der Waals surface area contributed by atoms with Crippen molar-refractivity contribution in [3.05, 3.63) is 45.6 Å². The first-order chi connectivity index (χ1) is 12.9. The molecule has 1 aromatic carbocycles. The number of thiocarbonyl (C=S) groups is 1. The van der Waals surface area contributed by atoms with E-state index >= 15 is 0 Å². The average molecular weight is 408 g/mol. The van der Waals surface area contributed by atoms with Crippen molar-refractivity contribution in [3.8, 4) is 11.5 Å². The van der Waals surface area contributed by atoms with Crippen LogP contribution in [0.25, 0.3) is 0 Å². The van der Waals surface area contributed by atoms with Gasteiger partial charge in [0.05, 0.1) is 24.0 Å². The largest absolute Gasteiger partial charge is 0.493 e. The Morgan fingerprint density at radius 3 is 2.37 bits per heavy atom. The third-order valence-electron chi connectivity index (χ3n) is 3.61. The number of hydrazine groups is 1. The van der Waals surface area contributed by atoms with Crippen LogP contribution in [0.4, 0.5) is 0 Å². The van der Waals surface area contributed by atoms with Gasteiger partial charge in [-0.2, -0.15) is 0 Å². The average Bonchev–Trinajstić information content (AvgIpc) is 3.16. The number of carbonyl (C=O) groups is 2. The molecule has 0 aliphatic rings. The van der Waals surface area contributed by atoms with Gasteiger partial charge in [-0.05, 0) is 55.4 Å². The quantitative estimate of drug-likeness (QED) is 0.369. The van der Waals surface area contributed by atoms with E-state index in [1.165, 1.54) is 6.92 Å². The number of benzene rings is 1. The van der Waals surface area contributed by atoms with Gasteiger partial charge in [0.15, 0.2) is 22.4 Å². The van der Waals surface area contributed by atoms with E-state index in [2.05, 4.69) is 16.2 Å². The Hall–Kier alpha value is -2.65. The molecule has 0 radical (unpaired) electrons. The summed E-state index contributed by atoms with van der Waals surface area (Å²) in [5, 5.41) is 3.31. The fraction of sp³-hybridized carbons (Fsp3) is 0.278. The van der Waals surface area contributed by atoms with E-state index in [1.54, 1.807) is 26.4 Å². The lowest BCUT2D eigenvalue weighted by Crippen LogP contribution is -2.47. The number of nitrogens with one attached hydrogen (secondary N) is 3. The van der Waals surface area contributed by atoms with Crippen LogP contribution in [0.5, 0.6) is 11.5 Å². The minimum absolute atomic E-state index is 0.0700. The number of methoxy groups -OCH3 is 2. The van der Waals surface area contributed by atoms with Crippen molar-refractivity contribution < 1.29 is 19.1 Å². The van der Waals surface area contributed by atoms with Crippen molar-refractivity contribution >= 4 is 40.4 Å². The van der Waals surface area contributed by atoms with E-state index in [4.69, 9.17) is 21.7 Å². The first kappa shape index (κ1) is 20.7. The lowest BCUT2D eigenvalue weighted by molar-refractivity contribution is 0.0947. The molecule has 0 aliphatic heterocycles. The lowest BCUT2D eigenvalue weighted by Gasteiger charge is -2.12. The number of rotatable bonds is 7. The van der Waals surface area contributed by atoms with Gasteiger partial charge in [-0.1, -0.05) is 6.07 Å². The molecule has 0 aliphatic carbocycles. The number of ketones is 1. The third kappa shape index (κ3) is 5.93. The summed E-state index contributed by atoms with van der Waals surface area (Å²) in [4.78, 5) is 24.3. The maximum atomic E-state index is 12.0. The molecule has 0 atom stereocenters. The van der Waals surface area contributed by atoms with E-state index in [0.29, 0.717) is 39.3 Å². The van der Waals surface area contributed by atoms with Gasteiger partial charge < -0.3 is 14.8 Å². The van der Waals surface area contributed by atoms with Gasteiger partial charge in [0.25, 0.3) is 5.91 Å². The number of hydrogen-bond acceptors (Lipinski definition) is 6. The van der Waals surface area contributed by atoms with Crippen LogP contribution in [0.15, 0.2) is 30.3 Å². The molecule has 0 spiro atoms. The zero-order valence-electron chi connectivity index (χ0n) is 15.3. The van der Waals surface area contributed by atoms with Crippen molar-refractivity contribution in [2.45, 2.75) is 13.3 Å². The molecule has 1 amide bonds. The summed E-state index contributed by atoms with van der Waals surface area (Å²) < 4.78 is 10.5. The van der Waals surface area contributed by atoms with Gasteiger partial charge in [-0.15, -0.1) is 11.3 Å². The Bertz CT molecular complexity index is 836. The first-order valence-electron chi connectivity index (χ1n) is 8.10. The highest BCUT2D eigenvalue weighted by molar-refractivity contribution is 7.80. The molecule has 144 valence electrons.